The van der Waals surface area contributed by atoms with E-state index in [1.807, 2.05) is 6.07 Å². The van der Waals surface area contributed by atoms with Gasteiger partial charge < -0.3 is 20.1 Å². The lowest BCUT2D eigenvalue weighted by Gasteiger charge is -2.39. The smallest absolute Gasteiger partial charge is 0.395 e. The first-order valence-electron chi connectivity index (χ1n) is 6.96. The number of piperidine rings is 1. The first-order chi connectivity index (χ1) is 9.52. The number of rotatable bonds is 1. The van der Waals surface area contributed by atoms with Gasteiger partial charge in [-0.25, -0.2) is 0 Å². The van der Waals surface area contributed by atoms with Crippen molar-refractivity contribution >= 4 is 5.69 Å². The number of benzene rings is 1. The van der Waals surface area contributed by atoms with Gasteiger partial charge in [0.2, 0.25) is 0 Å². The number of alkyl halides is 2. The summed E-state index contributed by atoms with van der Waals surface area (Å²) in [4.78, 5) is 2.31. The highest BCUT2D eigenvalue weighted by Crippen LogP contribution is 2.46. The largest absolute Gasteiger partial charge is 0.586 e. The second kappa shape index (κ2) is 3.97. The van der Waals surface area contributed by atoms with Crippen LogP contribution in [0.4, 0.5) is 14.5 Å². The molecule has 4 nitrogen and oxygen atoms in total. The Labute approximate surface area is 115 Å². The van der Waals surface area contributed by atoms with Crippen LogP contribution in [-0.2, 0) is 0 Å². The van der Waals surface area contributed by atoms with Gasteiger partial charge in [0.15, 0.2) is 11.5 Å². The van der Waals surface area contributed by atoms with Crippen LogP contribution in [0.5, 0.6) is 11.5 Å². The molecule has 0 spiro atoms. The molecule has 2 atom stereocenters. The summed E-state index contributed by atoms with van der Waals surface area (Å²) in [6.45, 7) is 0. The second-order valence-corrected chi connectivity index (χ2v) is 5.82. The van der Waals surface area contributed by atoms with Crippen LogP contribution in [0.15, 0.2) is 18.2 Å². The highest BCUT2D eigenvalue weighted by atomic mass is 19.3. The summed E-state index contributed by atoms with van der Waals surface area (Å²) in [6, 6.07) is 6.10. The summed E-state index contributed by atoms with van der Waals surface area (Å²) in [5.41, 5.74) is 6.97. The standard InChI is InChI=1S/C14H16F2N2O2/c15-14(16)19-12-4-3-11(7-13(12)20-14)18-9-1-2-10(18)6-8(17)5-9/h3-4,7-10H,1-2,5-6,17H2. The van der Waals surface area contributed by atoms with Crippen LogP contribution >= 0.6 is 0 Å². The molecule has 2 bridgehead atoms. The molecule has 0 amide bonds. The number of halogens is 2. The van der Waals surface area contributed by atoms with Crippen LogP contribution in [0.3, 0.4) is 0 Å². The van der Waals surface area contributed by atoms with E-state index in [2.05, 4.69) is 14.4 Å². The van der Waals surface area contributed by atoms with Crippen molar-refractivity contribution in [2.45, 2.75) is 50.1 Å². The third-order valence-electron chi connectivity index (χ3n) is 4.45. The lowest BCUT2D eigenvalue weighted by atomic mass is 9.97. The van der Waals surface area contributed by atoms with Crippen molar-refractivity contribution in [3.63, 3.8) is 0 Å². The molecule has 2 fully saturated rings. The molecule has 6 heteroatoms. The van der Waals surface area contributed by atoms with Gasteiger partial charge in [-0.05, 0) is 37.8 Å². The van der Waals surface area contributed by atoms with Crippen molar-refractivity contribution in [2.24, 2.45) is 5.73 Å². The normalized spacial score (nSPS) is 33.5. The Bertz CT molecular complexity index is 538. The van der Waals surface area contributed by atoms with Crippen LogP contribution in [-0.4, -0.2) is 24.4 Å². The van der Waals surface area contributed by atoms with Gasteiger partial charge in [-0.2, -0.15) is 0 Å². The van der Waals surface area contributed by atoms with E-state index in [0.717, 1.165) is 31.4 Å². The maximum absolute atomic E-state index is 13.1. The van der Waals surface area contributed by atoms with Crippen LogP contribution in [0.25, 0.3) is 0 Å². The summed E-state index contributed by atoms with van der Waals surface area (Å²) in [6.07, 6.45) is 0.596. The summed E-state index contributed by atoms with van der Waals surface area (Å²) >= 11 is 0. The maximum atomic E-state index is 13.1. The zero-order valence-corrected chi connectivity index (χ0v) is 10.9. The minimum absolute atomic E-state index is 0.0970. The Hall–Kier alpha value is -1.56. The summed E-state index contributed by atoms with van der Waals surface area (Å²) in [5, 5.41) is 0. The van der Waals surface area contributed by atoms with E-state index in [4.69, 9.17) is 5.73 Å². The predicted molar refractivity (Wildman–Crippen MR) is 69.1 cm³/mol. The van der Waals surface area contributed by atoms with Crippen molar-refractivity contribution in [2.75, 3.05) is 4.90 Å². The lowest BCUT2D eigenvalue weighted by molar-refractivity contribution is -0.286. The molecule has 3 aliphatic rings. The zero-order valence-electron chi connectivity index (χ0n) is 10.9. The first kappa shape index (κ1) is 12.2. The minimum atomic E-state index is -3.55. The monoisotopic (exact) mass is 282 g/mol. The molecule has 2 saturated heterocycles. The quantitative estimate of drug-likeness (QED) is 0.859. The first-order valence-corrected chi connectivity index (χ1v) is 6.96. The van der Waals surface area contributed by atoms with Crippen molar-refractivity contribution < 1.29 is 18.3 Å². The van der Waals surface area contributed by atoms with Gasteiger partial charge >= 0.3 is 6.29 Å². The van der Waals surface area contributed by atoms with Gasteiger partial charge in [-0.15, -0.1) is 8.78 Å². The van der Waals surface area contributed by atoms with Gasteiger partial charge in [-0.1, -0.05) is 0 Å². The van der Waals surface area contributed by atoms with Crippen LogP contribution < -0.4 is 20.1 Å². The Morgan fingerprint density at radius 3 is 2.45 bits per heavy atom. The van der Waals surface area contributed by atoms with E-state index in [0.29, 0.717) is 12.1 Å². The van der Waals surface area contributed by atoms with Gasteiger partial charge in [-0.3, -0.25) is 0 Å². The number of nitrogens with two attached hydrogens (primary N) is 1. The summed E-state index contributed by atoms with van der Waals surface area (Å²) < 4.78 is 35.1. The average Bonchev–Trinajstić information content (AvgIpc) is 2.81. The van der Waals surface area contributed by atoms with E-state index in [-0.39, 0.29) is 17.5 Å². The molecular formula is C14H16F2N2O2. The van der Waals surface area contributed by atoms with Crippen LogP contribution in [0.1, 0.15) is 25.7 Å². The van der Waals surface area contributed by atoms with E-state index < -0.39 is 6.29 Å². The predicted octanol–water partition coefficient (Wildman–Crippen LogP) is 2.47. The molecule has 4 rings (SSSR count). The number of hydrogen-bond donors (Lipinski definition) is 1. The van der Waals surface area contributed by atoms with Crippen molar-refractivity contribution in [1.29, 1.82) is 0 Å². The highest BCUT2D eigenvalue weighted by molar-refractivity contribution is 5.59. The molecule has 0 aromatic heterocycles. The zero-order chi connectivity index (χ0) is 13.9. The molecule has 0 aliphatic carbocycles. The fraction of sp³-hybridized carbons (Fsp3) is 0.571. The van der Waals surface area contributed by atoms with Crippen LogP contribution in [0.2, 0.25) is 0 Å². The summed E-state index contributed by atoms with van der Waals surface area (Å²) in [5.74, 6) is 0.210. The molecule has 2 unspecified atom stereocenters. The molecule has 2 N–H and O–H groups in total. The highest BCUT2D eigenvalue weighted by Gasteiger charge is 2.45. The molecule has 1 aromatic carbocycles. The number of fused-ring (bicyclic) bond motifs is 3. The number of ether oxygens (including phenoxy) is 2. The SMILES string of the molecule is NC1CC2CCC(C1)N2c1ccc2c(c1)OC(F)(F)O2. The van der Waals surface area contributed by atoms with Crippen molar-refractivity contribution in [1.82, 2.24) is 0 Å². The van der Waals surface area contributed by atoms with E-state index in [9.17, 15) is 8.78 Å². The molecule has 0 saturated carbocycles. The third kappa shape index (κ3) is 1.82. The fourth-order valence-corrected chi connectivity index (χ4v) is 3.74. The van der Waals surface area contributed by atoms with Crippen molar-refractivity contribution in [3.8, 4) is 11.5 Å². The molecule has 3 heterocycles. The lowest BCUT2D eigenvalue weighted by Crippen LogP contribution is -2.47. The maximum Gasteiger partial charge on any atom is 0.586 e. The average molecular weight is 282 g/mol. The third-order valence-corrected chi connectivity index (χ3v) is 4.45. The molecular weight excluding hydrogens is 266 g/mol. The fourth-order valence-electron chi connectivity index (χ4n) is 3.74. The van der Waals surface area contributed by atoms with Crippen molar-refractivity contribution in [3.05, 3.63) is 18.2 Å². The summed E-state index contributed by atoms with van der Waals surface area (Å²) in [7, 11) is 0. The number of anilines is 1. The van der Waals surface area contributed by atoms with Gasteiger partial charge in [0.1, 0.15) is 0 Å². The van der Waals surface area contributed by atoms with Crippen LogP contribution in [0, 0.1) is 0 Å². The molecule has 108 valence electrons. The Morgan fingerprint density at radius 1 is 1.10 bits per heavy atom. The van der Waals surface area contributed by atoms with E-state index in [1.165, 1.54) is 0 Å². The molecule has 1 aromatic rings. The van der Waals surface area contributed by atoms with E-state index in [1.54, 1.807) is 12.1 Å². The van der Waals surface area contributed by atoms with Gasteiger partial charge in [0.25, 0.3) is 0 Å². The Morgan fingerprint density at radius 2 is 1.75 bits per heavy atom. The topological polar surface area (TPSA) is 47.7 Å². The Balaban J connectivity index is 1.65. The van der Waals surface area contributed by atoms with Gasteiger partial charge in [0.05, 0.1) is 0 Å². The van der Waals surface area contributed by atoms with Gasteiger partial charge in [0, 0.05) is 29.9 Å². The minimum Gasteiger partial charge on any atom is -0.395 e. The number of hydrogen-bond acceptors (Lipinski definition) is 4. The molecule has 20 heavy (non-hydrogen) atoms. The number of nitrogens with zero attached hydrogens (tertiary/aromatic N) is 1. The molecule has 3 aliphatic heterocycles. The second-order valence-electron chi connectivity index (χ2n) is 5.82. The molecule has 0 radical (unpaired) electrons. The van der Waals surface area contributed by atoms with E-state index >= 15 is 0 Å². The Kier molecular flexibility index (Phi) is 2.42.